The first-order valence-electron chi connectivity index (χ1n) is 17.2. The van der Waals surface area contributed by atoms with E-state index in [4.69, 9.17) is 4.52 Å². The minimum Gasteiger partial charge on any atom is -0.353 e. The predicted octanol–water partition coefficient (Wildman–Crippen LogP) is 9.84. The van der Waals surface area contributed by atoms with Crippen LogP contribution in [0.2, 0.25) is 0 Å². The van der Waals surface area contributed by atoms with E-state index in [1.807, 2.05) is 20.8 Å². The van der Waals surface area contributed by atoms with Crippen molar-refractivity contribution >= 4 is 36.6 Å². The molecular weight excluding hydrogens is 630 g/mol. The normalized spacial score (nSPS) is 15.9. The summed E-state index contributed by atoms with van der Waals surface area (Å²) in [6.45, 7) is 14.2. The summed E-state index contributed by atoms with van der Waals surface area (Å²) < 4.78 is 22.4. The fraction of sp³-hybridized carbons (Fsp3) is 0.537. The number of benzene rings is 3. The van der Waals surface area contributed by atoms with Gasteiger partial charge in [0.25, 0.3) is 7.52 Å². The van der Waals surface area contributed by atoms with Crippen LogP contribution < -0.4 is 21.2 Å². The van der Waals surface area contributed by atoms with Gasteiger partial charge < -0.3 is 9.84 Å². The van der Waals surface area contributed by atoms with Gasteiger partial charge in [0.05, 0.1) is 17.9 Å². The molecule has 1 amide bonds. The molecule has 48 heavy (non-hydrogen) atoms. The summed E-state index contributed by atoms with van der Waals surface area (Å²) in [6.07, 6.45) is 7.46. The SMILES string of the molecule is C.C.CC(C)(C)COP(=O)(N1CCC(NC(=O)CCCCCC[P+](c2ccccc2)(c2ccccc2)c2ccccc2)CC1)C(C)(C)C. The number of rotatable bonds is 14. The lowest BCUT2D eigenvalue weighted by Crippen LogP contribution is -2.45. The van der Waals surface area contributed by atoms with Gasteiger partial charge in [-0.25, -0.2) is 4.67 Å². The summed E-state index contributed by atoms with van der Waals surface area (Å²) in [6, 6.07) is 33.3. The molecule has 0 spiro atoms. The summed E-state index contributed by atoms with van der Waals surface area (Å²) in [4.78, 5) is 12.9. The Morgan fingerprint density at radius 3 is 1.60 bits per heavy atom. The minimum atomic E-state index is -3.01. The average Bonchev–Trinajstić information content (AvgIpc) is 3.04. The zero-order valence-electron chi connectivity index (χ0n) is 29.1. The Kier molecular flexibility index (Phi) is 16.3. The Morgan fingerprint density at radius 2 is 1.19 bits per heavy atom. The average molecular weight is 696 g/mol. The maximum Gasteiger partial charge on any atom is 0.277 e. The van der Waals surface area contributed by atoms with Gasteiger partial charge in [0, 0.05) is 25.6 Å². The number of nitrogens with zero attached hydrogens (tertiary/aromatic N) is 1. The number of piperidine rings is 1. The van der Waals surface area contributed by atoms with Crippen LogP contribution in [0.5, 0.6) is 0 Å². The fourth-order valence-corrected chi connectivity index (χ4v) is 13.6. The Hall–Kier alpha value is -2.29. The van der Waals surface area contributed by atoms with E-state index < -0.39 is 19.9 Å². The second-order valence-electron chi connectivity index (χ2n) is 15.0. The fourth-order valence-electron chi connectivity index (χ4n) is 6.42. The van der Waals surface area contributed by atoms with E-state index >= 15 is 0 Å². The summed E-state index contributed by atoms with van der Waals surface area (Å²) in [7, 11) is -4.81. The Labute approximate surface area is 294 Å². The molecule has 7 heteroatoms. The van der Waals surface area contributed by atoms with Crippen molar-refractivity contribution in [3.05, 3.63) is 91.0 Å². The topological polar surface area (TPSA) is 58.6 Å². The highest BCUT2D eigenvalue weighted by Crippen LogP contribution is 2.62. The largest absolute Gasteiger partial charge is 0.353 e. The number of carbonyl (C=O) groups excluding carboxylic acids is 1. The standard InChI is InChI=1S/C39H56N2O3P2.2CH4/c1-38(2,3)32-44-46(43,39(4,5)6)41-29-27-33(28-30-41)40-37(42)26-18-7-8-19-31-45(34-20-12-9-13-21-34,35-22-14-10-15-23-35)36-24-16-11-17-25-36;;/h9-17,20-25,33H,7-8,18-19,26-32H2,1-6H3;2*1H4/p+1. The van der Waals surface area contributed by atoms with Crippen LogP contribution in [0.25, 0.3) is 0 Å². The predicted molar refractivity (Wildman–Crippen MR) is 212 cm³/mol. The van der Waals surface area contributed by atoms with Gasteiger partial charge in [-0.3, -0.25) is 9.36 Å². The molecule has 0 radical (unpaired) electrons. The van der Waals surface area contributed by atoms with Crippen LogP contribution >= 0.6 is 14.8 Å². The van der Waals surface area contributed by atoms with Crippen LogP contribution in [-0.4, -0.2) is 47.6 Å². The molecule has 0 aromatic heterocycles. The monoisotopic (exact) mass is 695 g/mol. The van der Waals surface area contributed by atoms with Crippen molar-refractivity contribution in [2.24, 2.45) is 5.41 Å². The van der Waals surface area contributed by atoms with Crippen molar-refractivity contribution < 1.29 is 13.9 Å². The Morgan fingerprint density at radius 1 is 0.750 bits per heavy atom. The van der Waals surface area contributed by atoms with Crippen LogP contribution in [-0.2, 0) is 13.9 Å². The Balaban J connectivity index is 0.00000400. The van der Waals surface area contributed by atoms with Gasteiger partial charge in [-0.15, -0.1) is 0 Å². The van der Waals surface area contributed by atoms with E-state index in [9.17, 15) is 9.36 Å². The number of unbranched alkanes of at least 4 members (excludes halogenated alkanes) is 3. The smallest absolute Gasteiger partial charge is 0.277 e. The van der Waals surface area contributed by atoms with E-state index in [-0.39, 0.29) is 32.2 Å². The van der Waals surface area contributed by atoms with Crippen molar-refractivity contribution in [2.75, 3.05) is 25.9 Å². The maximum absolute atomic E-state index is 14.1. The lowest BCUT2D eigenvalue weighted by Gasteiger charge is -2.43. The number of hydrogen-bond acceptors (Lipinski definition) is 3. The van der Waals surface area contributed by atoms with Crippen molar-refractivity contribution in [2.45, 2.75) is 113 Å². The molecule has 1 unspecified atom stereocenters. The highest BCUT2D eigenvalue weighted by molar-refractivity contribution is 7.95. The molecule has 3 aromatic carbocycles. The summed E-state index contributed by atoms with van der Waals surface area (Å²) in [5.41, 5.74) is -0.0520. The van der Waals surface area contributed by atoms with Crippen LogP contribution in [0.4, 0.5) is 0 Å². The van der Waals surface area contributed by atoms with Crippen LogP contribution in [0.3, 0.4) is 0 Å². The first-order valence-corrected chi connectivity index (χ1v) is 20.7. The highest BCUT2D eigenvalue weighted by Gasteiger charge is 2.46. The third-order valence-corrected chi connectivity index (χ3v) is 16.8. The maximum atomic E-state index is 14.1. The molecule has 0 bridgehead atoms. The highest BCUT2D eigenvalue weighted by atomic mass is 31.2. The second-order valence-corrected chi connectivity index (χ2v) is 21.8. The molecule has 0 saturated carbocycles. The molecule has 0 aliphatic carbocycles. The van der Waals surface area contributed by atoms with Gasteiger partial charge in [-0.05, 0) is 94.7 Å². The van der Waals surface area contributed by atoms with Crippen molar-refractivity contribution in [3.8, 4) is 0 Å². The van der Waals surface area contributed by atoms with Crippen molar-refractivity contribution in [1.82, 2.24) is 9.99 Å². The second kappa shape index (κ2) is 18.6. The van der Waals surface area contributed by atoms with Gasteiger partial charge in [0.1, 0.15) is 23.2 Å². The van der Waals surface area contributed by atoms with Crippen molar-refractivity contribution in [3.63, 3.8) is 0 Å². The molecule has 1 aliphatic rings. The lowest BCUT2D eigenvalue weighted by molar-refractivity contribution is -0.122. The zero-order chi connectivity index (χ0) is 33.3. The van der Waals surface area contributed by atoms with Crippen molar-refractivity contribution in [1.29, 1.82) is 0 Å². The van der Waals surface area contributed by atoms with Gasteiger partial charge in [-0.2, -0.15) is 0 Å². The molecule has 1 N–H and O–H groups in total. The molecular formula is C41H65N2O3P2+. The summed E-state index contributed by atoms with van der Waals surface area (Å²) >= 11 is 0. The van der Waals surface area contributed by atoms with E-state index in [2.05, 4.69) is 122 Å². The number of nitrogens with one attached hydrogen (secondary N) is 1. The molecule has 3 aromatic rings. The third-order valence-electron chi connectivity index (χ3n) is 8.97. The third kappa shape index (κ3) is 10.9. The lowest BCUT2D eigenvalue weighted by atomic mass is 9.99. The van der Waals surface area contributed by atoms with Gasteiger partial charge in [0.2, 0.25) is 5.91 Å². The Bertz CT molecular complexity index is 1300. The molecule has 266 valence electrons. The number of hydrogen-bond donors (Lipinski definition) is 1. The van der Waals surface area contributed by atoms with E-state index in [1.54, 1.807) is 0 Å². The quantitative estimate of drug-likeness (QED) is 0.135. The molecule has 1 heterocycles. The van der Waals surface area contributed by atoms with E-state index in [0.717, 1.165) is 44.7 Å². The van der Waals surface area contributed by atoms with E-state index in [0.29, 0.717) is 26.1 Å². The first-order chi connectivity index (χ1) is 21.8. The van der Waals surface area contributed by atoms with Gasteiger partial charge >= 0.3 is 0 Å². The molecule has 1 saturated heterocycles. The van der Waals surface area contributed by atoms with Crippen LogP contribution in [0.15, 0.2) is 91.0 Å². The van der Waals surface area contributed by atoms with Crippen LogP contribution in [0.1, 0.15) is 101 Å². The van der Waals surface area contributed by atoms with Crippen LogP contribution in [0, 0.1) is 5.41 Å². The number of amides is 1. The molecule has 1 fully saturated rings. The number of carbonyl (C=O) groups is 1. The molecule has 1 aliphatic heterocycles. The van der Waals surface area contributed by atoms with E-state index in [1.165, 1.54) is 15.9 Å². The zero-order valence-corrected chi connectivity index (χ0v) is 30.9. The van der Waals surface area contributed by atoms with Gasteiger partial charge in [0.15, 0.2) is 0 Å². The summed E-state index contributed by atoms with van der Waals surface area (Å²) in [5, 5.41) is 7.10. The molecule has 5 nitrogen and oxygen atoms in total. The first kappa shape index (κ1) is 41.9. The minimum absolute atomic E-state index is 0. The van der Waals surface area contributed by atoms with Gasteiger partial charge in [-0.1, -0.05) is 96.6 Å². The summed E-state index contributed by atoms with van der Waals surface area (Å²) in [5.74, 6) is 0.140. The molecule has 4 rings (SSSR count). The molecule has 1 atom stereocenters.